The van der Waals surface area contributed by atoms with Crippen LogP contribution in [-0.2, 0) is 25.7 Å². The molecule has 0 aliphatic heterocycles. The Bertz CT molecular complexity index is 921. The fraction of sp³-hybridized carbons (Fsp3) is 0.190. The average molecular weight is 401 g/mol. The van der Waals surface area contributed by atoms with E-state index in [1.165, 1.54) is 57.7 Å². The molecule has 27 heavy (non-hydrogen) atoms. The van der Waals surface area contributed by atoms with Crippen molar-refractivity contribution < 1.29 is 28.9 Å². The van der Waals surface area contributed by atoms with Crippen molar-refractivity contribution >= 4 is 11.3 Å². The molecule has 2 aromatic carbocycles. The van der Waals surface area contributed by atoms with Crippen molar-refractivity contribution in [2.45, 2.75) is 25.7 Å². The molecule has 138 valence electrons. The van der Waals surface area contributed by atoms with Gasteiger partial charge in [-0.25, -0.2) is 18.6 Å². The van der Waals surface area contributed by atoms with E-state index >= 15 is 0 Å². The lowest BCUT2D eigenvalue weighted by Crippen LogP contribution is -2.68. The molecule has 0 saturated heterocycles. The number of halogens is 1. The zero-order chi connectivity index (χ0) is 19.0. The summed E-state index contributed by atoms with van der Waals surface area (Å²) >= 11 is 2.01. The number of rotatable bonds is 0. The lowest BCUT2D eigenvalue weighted by atomic mass is 9.87. The van der Waals surface area contributed by atoms with Gasteiger partial charge >= 0.3 is 0 Å². The van der Waals surface area contributed by atoms with Crippen LogP contribution in [0.25, 0.3) is 20.9 Å². The van der Waals surface area contributed by atoms with Crippen LogP contribution < -0.4 is 18.6 Å². The quantitative estimate of drug-likeness (QED) is 0.522. The second-order valence-electron chi connectivity index (χ2n) is 6.65. The fourth-order valence-electron chi connectivity index (χ4n) is 3.86. The summed E-state index contributed by atoms with van der Waals surface area (Å²) in [5.41, 5.74) is 9.05. The Balaban J connectivity index is 0.000000323. The predicted octanol–water partition coefficient (Wildman–Crippen LogP) is 0.804. The minimum Gasteiger partial charge on any atom is -0.222 e. The number of benzene rings is 2. The molecule has 3 aromatic rings. The monoisotopic (exact) mass is 400 g/mol. The van der Waals surface area contributed by atoms with E-state index < -0.39 is 10.2 Å². The standard InChI is InChI=1S/C21H17S.ClHO4/c1-3-7-18-14(5-1)9-11-16-13-17-12-10-15-6-2-4-8-19(15)21(17)22-20(16)18;2-1(3,4)5/h1-8,13H,9-12H2;(H,2,3,4,5)/q+1;/p-1. The Labute approximate surface area is 163 Å². The molecule has 2 aliphatic rings. The molecule has 0 atom stereocenters. The van der Waals surface area contributed by atoms with Crippen LogP contribution in [0.3, 0.4) is 0 Å². The molecule has 1 heterocycles. The van der Waals surface area contributed by atoms with Crippen LogP contribution in [0.2, 0.25) is 0 Å². The van der Waals surface area contributed by atoms with Crippen LogP contribution in [0.1, 0.15) is 22.3 Å². The Morgan fingerprint density at radius 2 is 0.963 bits per heavy atom. The molecule has 0 bridgehead atoms. The molecule has 0 fully saturated rings. The van der Waals surface area contributed by atoms with Crippen LogP contribution in [0.5, 0.6) is 0 Å². The first-order valence-corrected chi connectivity index (χ1v) is 10.7. The molecule has 0 saturated carbocycles. The van der Waals surface area contributed by atoms with Gasteiger partial charge in [0, 0.05) is 22.3 Å². The van der Waals surface area contributed by atoms with Gasteiger partial charge in [-0.1, -0.05) is 36.4 Å². The van der Waals surface area contributed by atoms with Gasteiger partial charge < -0.3 is 0 Å². The summed E-state index contributed by atoms with van der Waals surface area (Å²) in [4.78, 5) is 3.00. The van der Waals surface area contributed by atoms with Crippen molar-refractivity contribution in [2.24, 2.45) is 0 Å². The highest BCUT2D eigenvalue weighted by atomic mass is 35.7. The first-order valence-electron chi connectivity index (χ1n) is 8.67. The summed E-state index contributed by atoms with van der Waals surface area (Å²) in [6, 6.07) is 20.4. The molecule has 4 nitrogen and oxygen atoms in total. The SMILES string of the molecule is [O-][Cl+3]([O-])([O-])[O-].c1ccc2c(c1)CCc1cc3c([s+]c1-2)-c1ccccc1CC3. The second kappa shape index (κ2) is 7.28. The van der Waals surface area contributed by atoms with Crippen molar-refractivity contribution in [1.29, 1.82) is 0 Å². The van der Waals surface area contributed by atoms with E-state index in [1.54, 1.807) is 11.1 Å². The average Bonchev–Trinajstić information content (AvgIpc) is 2.65. The summed E-state index contributed by atoms with van der Waals surface area (Å²) in [5.74, 6) is 0. The molecule has 2 aliphatic carbocycles. The Hall–Kier alpha value is -1.86. The van der Waals surface area contributed by atoms with Crippen molar-refractivity contribution in [3.63, 3.8) is 0 Å². The maximum Gasteiger partial charge on any atom is 0.242 e. The molecule has 6 heteroatoms. The van der Waals surface area contributed by atoms with Gasteiger partial charge in [0.2, 0.25) is 21.1 Å². The van der Waals surface area contributed by atoms with Crippen LogP contribution in [0.4, 0.5) is 0 Å². The number of aryl methyl sites for hydroxylation is 4. The normalized spacial score (nSPS) is 14.1. The summed E-state index contributed by atoms with van der Waals surface area (Å²) in [7, 11) is -4.94. The van der Waals surface area contributed by atoms with Gasteiger partial charge in [0.1, 0.15) is 0 Å². The van der Waals surface area contributed by atoms with Crippen LogP contribution >= 0.6 is 11.3 Å². The third kappa shape index (κ3) is 4.04. The van der Waals surface area contributed by atoms with Gasteiger partial charge in [-0.3, -0.25) is 0 Å². The minimum absolute atomic E-state index is 1.19. The van der Waals surface area contributed by atoms with E-state index in [9.17, 15) is 0 Å². The maximum atomic E-state index is 8.49. The minimum atomic E-state index is -4.94. The van der Waals surface area contributed by atoms with Crippen LogP contribution in [0, 0.1) is 10.2 Å². The highest BCUT2D eigenvalue weighted by molar-refractivity contribution is 7.18. The Morgan fingerprint density at radius 3 is 1.41 bits per heavy atom. The van der Waals surface area contributed by atoms with Gasteiger partial charge in [-0.05, 0) is 55.0 Å². The lowest BCUT2D eigenvalue weighted by Gasteiger charge is -2.18. The Kier molecular flexibility index (Phi) is 4.99. The second-order valence-corrected chi connectivity index (χ2v) is 8.42. The third-order valence-electron chi connectivity index (χ3n) is 4.99. The van der Waals surface area contributed by atoms with Gasteiger partial charge in [0.05, 0.1) is 0 Å². The molecular formula is C21H17ClO4S. The zero-order valence-electron chi connectivity index (χ0n) is 14.4. The van der Waals surface area contributed by atoms with Crippen molar-refractivity contribution in [1.82, 2.24) is 0 Å². The summed E-state index contributed by atoms with van der Waals surface area (Å²) in [6.07, 6.45) is 4.76. The van der Waals surface area contributed by atoms with E-state index in [0.29, 0.717) is 0 Å². The van der Waals surface area contributed by atoms with Gasteiger partial charge in [0.15, 0.2) is 0 Å². The predicted molar refractivity (Wildman–Crippen MR) is 94.4 cm³/mol. The number of hydrogen-bond donors (Lipinski definition) is 0. The zero-order valence-corrected chi connectivity index (χ0v) is 16.0. The van der Waals surface area contributed by atoms with E-state index in [0.717, 1.165) is 0 Å². The van der Waals surface area contributed by atoms with Crippen LogP contribution in [-0.4, -0.2) is 0 Å². The first kappa shape index (κ1) is 18.5. The van der Waals surface area contributed by atoms with Crippen LogP contribution in [0.15, 0.2) is 54.6 Å². The molecule has 0 radical (unpaired) electrons. The number of fused-ring (bicyclic) bond motifs is 6. The van der Waals surface area contributed by atoms with Gasteiger partial charge in [-0.2, -0.15) is 0 Å². The highest BCUT2D eigenvalue weighted by Crippen LogP contribution is 2.45. The largest absolute Gasteiger partial charge is 0.242 e. The molecule has 0 N–H and O–H groups in total. The smallest absolute Gasteiger partial charge is 0.222 e. The topological polar surface area (TPSA) is 92.2 Å². The molecule has 0 amide bonds. The molecule has 1 aromatic heterocycles. The van der Waals surface area contributed by atoms with E-state index in [4.69, 9.17) is 18.6 Å². The lowest BCUT2D eigenvalue weighted by molar-refractivity contribution is -2.00. The molecule has 5 rings (SSSR count). The van der Waals surface area contributed by atoms with Gasteiger partial charge in [-0.15, -0.1) is 10.2 Å². The van der Waals surface area contributed by atoms with Crippen molar-refractivity contribution in [2.75, 3.05) is 0 Å². The van der Waals surface area contributed by atoms with Crippen molar-refractivity contribution in [3.8, 4) is 20.9 Å². The molecular weight excluding hydrogens is 384 g/mol. The van der Waals surface area contributed by atoms with E-state index in [-0.39, 0.29) is 0 Å². The number of hydrogen-bond acceptors (Lipinski definition) is 4. The first-order chi connectivity index (χ1) is 12.9. The summed E-state index contributed by atoms with van der Waals surface area (Å²) in [6.45, 7) is 0. The third-order valence-corrected chi connectivity index (χ3v) is 6.36. The summed E-state index contributed by atoms with van der Waals surface area (Å²) in [5, 5.41) is 0. The maximum absolute atomic E-state index is 8.49. The van der Waals surface area contributed by atoms with E-state index in [2.05, 4.69) is 54.6 Å². The fourth-order valence-corrected chi connectivity index (χ4v) is 5.27. The van der Waals surface area contributed by atoms with E-state index in [1.807, 2.05) is 11.3 Å². The Morgan fingerprint density at radius 1 is 0.593 bits per heavy atom. The summed E-state index contributed by atoms with van der Waals surface area (Å²) < 4.78 is 34.0. The molecule has 0 unspecified atom stereocenters. The van der Waals surface area contributed by atoms with Crippen molar-refractivity contribution in [3.05, 3.63) is 76.9 Å². The molecule has 0 spiro atoms. The van der Waals surface area contributed by atoms with Gasteiger partial charge in [0.25, 0.3) is 0 Å². The highest BCUT2D eigenvalue weighted by Gasteiger charge is 2.31.